The van der Waals surface area contributed by atoms with Crippen molar-refractivity contribution in [3.05, 3.63) is 110 Å². The zero-order chi connectivity index (χ0) is 51.1. The van der Waals surface area contributed by atoms with E-state index in [1.165, 1.54) is 16.4 Å². The number of likely N-dealkylation sites (N-methyl/N-ethyl adjacent to an activating group) is 3. The highest BCUT2D eigenvalue weighted by molar-refractivity contribution is 5.96. The van der Waals surface area contributed by atoms with Crippen LogP contribution in [0.5, 0.6) is 11.5 Å². The lowest BCUT2D eigenvalue weighted by atomic mass is 10.1. The smallest absolute Gasteiger partial charge is 0.227 e. The summed E-state index contributed by atoms with van der Waals surface area (Å²) in [4.78, 5) is 27.9. The first-order valence-electron chi connectivity index (χ1n) is 24.7. The third kappa shape index (κ3) is 11.8. The highest BCUT2D eigenvalue weighted by Crippen LogP contribution is 2.41. The molecule has 4 aromatic carbocycles. The van der Waals surface area contributed by atoms with Crippen molar-refractivity contribution >= 4 is 67.8 Å². The molecule has 1 aliphatic heterocycles. The van der Waals surface area contributed by atoms with Gasteiger partial charge in [-0.3, -0.25) is 0 Å². The summed E-state index contributed by atoms with van der Waals surface area (Å²) in [5.74, 6) is 2.54. The van der Waals surface area contributed by atoms with E-state index in [0.717, 1.165) is 113 Å². The van der Waals surface area contributed by atoms with Gasteiger partial charge < -0.3 is 59.5 Å². The van der Waals surface area contributed by atoms with Gasteiger partial charge in [0.1, 0.15) is 11.5 Å². The first kappa shape index (κ1) is 50.8. The van der Waals surface area contributed by atoms with Crippen LogP contribution in [0.25, 0.3) is 44.3 Å². The zero-order valence-corrected chi connectivity index (χ0v) is 44.1. The van der Waals surface area contributed by atoms with E-state index in [4.69, 9.17) is 19.4 Å². The fourth-order valence-electron chi connectivity index (χ4n) is 9.09. The molecule has 0 bridgehead atoms. The normalized spacial score (nSPS) is 12.9. The molecule has 16 heteroatoms. The monoisotopic (exact) mass is 973 g/mol. The number of nitrogens with one attached hydrogen (secondary N) is 4. The molecule has 0 radical (unpaired) electrons. The maximum Gasteiger partial charge on any atom is 0.227 e. The minimum absolute atomic E-state index is 0.276. The van der Waals surface area contributed by atoms with Gasteiger partial charge in [0.2, 0.25) is 11.9 Å². The van der Waals surface area contributed by atoms with Crippen LogP contribution in [0, 0.1) is 0 Å². The van der Waals surface area contributed by atoms with Gasteiger partial charge in [-0.05, 0) is 85.2 Å². The second-order valence-electron chi connectivity index (χ2n) is 19.4. The van der Waals surface area contributed by atoms with Crippen LogP contribution in [-0.4, -0.2) is 133 Å². The number of rotatable bonds is 17. The minimum Gasteiger partial charge on any atom is -0.494 e. The molecule has 16 nitrogen and oxygen atoms in total. The number of aromatic nitrogens is 6. The number of fused-ring (bicyclic) bond motifs is 2. The standard InChI is InChI=1S/C28H35N7O.C28H37N7O/c1-19(2)30-23-16-24(27(36-5)17-26(23)35-14-12-33(3)13-15-35)32-28-29-11-10-22(31-28)21-18-34(4)25-9-7-6-8-20(21)25;1-19(2)30-23-16-24(27(36-7)17-26(23)34(5)15-14-33(3)4)32-28-29-13-12-22(31-28)21-18-35(6)25-11-9-8-10-20(21)25/h6-11,16-19,30H,12-15H2,1-5H3,(H,29,31,32);8-13,16-19,30H,14-15H2,1-7H3,(H,29,31,32). The van der Waals surface area contributed by atoms with Gasteiger partial charge in [0, 0.05) is 142 Å². The van der Waals surface area contributed by atoms with Crippen LogP contribution in [0.15, 0.2) is 110 Å². The van der Waals surface area contributed by atoms with E-state index in [-0.39, 0.29) is 6.04 Å². The number of piperazine rings is 1. The van der Waals surface area contributed by atoms with Gasteiger partial charge in [-0.25, -0.2) is 19.9 Å². The summed E-state index contributed by atoms with van der Waals surface area (Å²) in [7, 11) is 15.9. The maximum absolute atomic E-state index is 5.82. The van der Waals surface area contributed by atoms with Gasteiger partial charge in [0.15, 0.2) is 0 Å². The number of para-hydroxylation sites is 2. The summed E-state index contributed by atoms with van der Waals surface area (Å²) in [6, 6.07) is 29.5. The molecule has 0 spiro atoms. The summed E-state index contributed by atoms with van der Waals surface area (Å²) < 4.78 is 15.9. The Morgan fingerprint density at radius 2 is 1.07 bits per heavy atom. The second kappa shape index (κ2) is 22.7. The van der Waals surface area contributed by atoms with Crippen molar-refractivity contribution in [2.75, 3.05) is 113 Å². The maximum atomic E-state index is 5.82. The molecule has 5 heterocycles. The number of anilines is 8. The van der Waals surface area contributed by atoms with E-state index in [0.29, 0.717) is 17.9 Å². The highest BCUT2D eigenvalue weighted by atomic mass is 16.5. The molecular formula is C56H72N14O2. The quantitative estimate of drug-likeness (QED) is 0.0688. The van der Waals surface area contributed by atoms with Crippen LogP contribution in [0.2, 0.25) is 0 Å². The van der Waals surface area contributed by atoms with Crippen molar-refractivity contribution in [3.8, 4) is 34.0 Å². The van der Waals surface area contributed by atoms with Crippen molar-refractivity contribution in [3.63, 3.8) is 0 Å². The van der Waals surface area contributed by atoms with Gasteiger partial charge in [-0.15, -0.1) is 0 Å². The lowest BCUT2D eigenvalue weighted by Gasteiger charge is -2.36. The molecule has 0 aliphatic carbocycles. The third-order valence-corrected chi connectivity index (χ3v) is 12.8. The highest BCUT2D eigenvalue weighted by Gasteiger charge is 2.22. The summed E-state index contributed by atoms with van der Waals surface area (Å²) >= 11 is 0. The van der Waals surface area contributed by atoms with Crippen molar-refractivity contribution in [1.82, 2.24) is 38.9 Å². The molecule has 4 N–H and O–H groups in total. The van der Waals surface area contributed by atoms with E-state index < -0.39 is 0 Å². The van der Waals surface area contributed by atoms with E-state index in [1.807, 2.05) is 12.1 Å². The fourth-order valence-corrected chi connectivity index (χ4v) is 9.09. The average Bonchev–Trinajstić information content (AvgIpc) is 3.89. The molecule has 0 amide bonds. The number of benzene rings is 4. The number of hydrogen-bond acceptors (Lipinski definition) is 14. The van der Waals surface area contributed by atoms with E-state index in [9.17, 15) is 0 Å². The Balaban J connectivity index is 0.000000193. The molecule has 0 unspecified atom stereocenters. The number of methoxy groups -OCH3 is 2. The van der Waals surface area contributed by atoms with Crippen LogP contribution in [-0.2, 0) is 14.1 Å². The van der Waals surface area contributed by atoms with Gasteiger partial charge in [0.25, 0.3) is 0 Å². The summed E-state index contributed by atoms with van der Waals surface area (Å²) in [5, 5.41) is 16.4. The second-order valence-corrected chi connectivity index (χ2v) is 19.4. The molecular weight excluding hydrogens is 901 g/mol. The molecule has 1 aliphatic rings. The van der Waals surface area contributed by atoms with Gasteiger partial charge in [-0.2, -0.15) is 0 Å². The molecule has 1 saturated heterocycles. The Morgan fingerprint density at radius 1 is 0.583 bits per heavy atom. The number of nitrogens with zero attached hydrogens (tertiary/aromatic N) is 10. The Kier molecular flexibility index (Phi) is 16.0. The average molecular weight is 973 g/mol. The van der Waals surface area contributed by atoms with Crippen LogP contribution in [0.4, 0.5) is 46.0 Å². The molecule has 4 aromatic heterocycles. The van der Waals surface area contributed by atoms with Crippen LogP contribution < -0.4 is 40.5 Å². The van der Waals surface area contributed by atoms with Crippen LogP contribution in [0.3, 0.4) is 0 Å². The Morgan fingerprint density at radius 3 is 1.57 bits per heavy atom. The fraction of sp³-hybridized carbons (Fsp3) is 0.357. The zero-order valence-electron chi connectivity index (χ0n) is 44.1. The molecule has 378 valence electrons. The Bertz CT molecular complexity index is 3100. The first-order chi connectivity index (χ1) is 34.7. The molecule has 8 aromatic rings. The topological polar surface area (TPSA) is 141 Å². The van der Waals surface area contributed by atoms with Gasteiger partial charge in [-0.1, -0.05) is 36.4 Å². The summed E-state index contributed by atoms with van der Waals surface area (Å²) in [6.45, 7) is 14.5. The summed E-state index contributed by atoms with van der Waals surface area (Å²) in [6.07, 6.45) is 7.81. The molecule has 0 saturated carbocycles. The Labute approximate surface area is 425 Å². The van der Waals surface area contributed by atoms with E-state index in [1.54, 1.807) is 26.6 Å². The predicted molar refractivity (Wildman–Crippen MR) is 299 cm³/mol. The van der Waals surface area contributed by atoms with Crippen molar-refractivity contribution < 1.29 is 9.47 Å². The lowest BCUT2D eigenvalue weighted by molar-refractivity contribution is 0.313. The largest absolute Gasteiger partial charge is 0.494 e. The van der Waals surface area contributed by atoms with E-state index >= 15 is 0 Å². The third-order valence-electron chi connectivity index (χ3n) is 12.8. The lowest BCUT2D eigenvalue weighted by Crippen LogP contribution is -2.44. The number of aryl methyl sites for hydroxylation is 2. The Hall–Kier alpha value is -7.56. The van der Waals surface area contributed by atoms with E-state index in [2.05, 4.69) is 215 Å². The molecule has 72 heavy (non-hydrogen) atoms. The molecule has 9 rings (SSSR count). The number of ether oxygens (including phenoxy) is 2. The molecule has 1 fully saturated rings. The first-order valence-corrected chi connectivity index (χ1v) is 24.7. The van der Waals surface area contributed by atoms with Crippen molar-refractivity contribution in [1.29, 1.82) is 0 Å². The van der Waals surface area contributed by atoms with Crippen molar-refractivity contribution in [2.24, 2.45) is 14.1 Å². The van der Waals surface area contributed by atoms with Gasteiger partial charge >= 0.3 is 0 Å². The SMILES string of the molecule is COc1cc(N(C)CCN(C)C)c(NC(C)C)cc1Nc1nccc(-c2cn(C)c3ccccc23)n1.COc1cc(N2CCN(C)CC2)c(NC(C)C)cc1Nc1nccc(-c2cn(C)c3ccccc23)n1. The number of hydrogen-bond donors (Lipinski definition) is 4. The van der Waals surface area contributed by atoms with Crippen LogP contribution in [0.1, 0.15) is 27.7 Å². The van der Waals surface area contributed by atoms with Crippen LogP contribution >= 0.6 is 0 Å². The summed E-state index contributed by atoms with van der Waals surface area (Å²) in [5.41, 5.74) is 12.2. The van der Waals surface area contributed by atoms with Crippen molar-refractivity contribution in [2.45, 2.75) is 39.8 Å². The predicted octanol–water partition coefficient (Wildman–Crippen LogP) is 10.2. The van der Waals surface area contributed by atoms with Gasteiger partial charge in [0.05, 0.1) is 59.7 Å². The molecule has 0 atom stereocenters. The minimum atomic E-state index is 0.276.